The maximum atomic E-state index is 11.9. The van der Waals surface area contributed by atoms with E-state index in [1.807, 2.05) is 39.8 Å². The zero-order chi connectivity index (χ0) is 19.9. The fourth-order valence-electron chi connectivity index (χ4n) is 2.34. The minimum atomic E-state index is -0.632. The van der Waals surface area contributed by atoms with Crippen LogP contribution in [0.1, 0.15) is 40.2 Å². The van der Waals surface area contributed by atoms with E-state index in [4.69, 9.17) is 5.73 Å². The fourth-order valence-corrected chi connectivity index (χ4v) is 2.34. The van der Waals surface area contributed by atoms with E-state index in [2.05, 4.69) is 10.6 Å². The lowest BCUT2D eigenvalue weighted by Gasteiger charge is -2.25. The molecule has 7 nitrogen and oxygen atoms in total. The average Bonchev–Trinajstić information content (AvgIpc) is 2.57. The highest BCUT2D eigenvalue weighted by atomic mass is 35.5. The molecule has 27 heavy (non-hydrogen) atoms. The smallest absolute Gasteiger partial charge is 0.243 e. The van der Waals surface area contributed by atoms with Crippen molar-refractivity contribution in [2.24, 2.45) is 11.7 Å². The number of halogens is 1. The fraction of sp³-hybridized carbons (Fsp3) is 0.526. The molecule has 0 aliphatic carbocycles. The number of carbonyl (C=O) groups is 3. The lowest BCUT2D eigenvalue weighted by atomic mass is 10.1. The molecule has 0 saturated heterocycles. The van der Waals surface area contributed by atoms with Gasteiger partial charge in [0.05, 0.1) is 12.6 Å². The number of hydrogen-bond donors (Lipinski definition) is 3. The molecule has 152 valence electrons. The Morgan fingerprint density at radius 1 is 1.07 bits per heavy atom. The van der Waals surface area contributed by atoms with Crippen molar-refractivity contribution in [3.05, 3.63) is 29.8 Å². The Morgan fingerprint density at radius 2 is 1.63 bits per heavy atom. The van der Waals surface area contributed by atoms with Gasteiger partial charge in [-0.15, -0.1) is 12.4 Å². The monoisotopic (exact) mass is 398 g/mol. The van der Waals surface area contributed by atoms with Crippen LogP contribution in [0.5, 0.6) is 0 Å². The summed E-state index contributed by atoms with van der Waals surface area (Å²) in [6.45, 7) is 9.56. The Hall–Kier alpha value is -2.12. The molecule has 0 fully saturated rings. The van der Waals surface area contributed by atoms with Gasteiger partial charge in [-0.2, -0.15) is 0 Å². The quantitative estimate of drug-likeness (QED) is 0.622. The van der Waals surface area contributed by atoms with Crippen LogP contribution in [0.4, 0.5) is 5.69 Å². The first-order valence-corrected chi connectivity index (χ1v) is 8.81. The molecule has 0 spiro atoms. The summed E-state index contributed by atoms with van der Waals surface area (Å²) in [6.07, 6.45) is 0. The second-order valence-corrected chi connectivity index (χ2v) is 6.97. The second kappa shape index (κ2) is 11.6. The highest BCUT2D eigenvalue weighted by molar-refractivity contribution is 5.95. The maximum Gasteiger partial charge on any atom is 0.243 e. The number of benzene rings is 1. The minimum Gasteiger partial charge on any atom is -0.346 e. The molecule has 8 heteroatoms. The molecule has 3 amide bonds. The van der Waals surface area contributed by atoms with Crippen molar-refractivity contribution in [1.29, 1.82) is 0 Å². The van der Waals surface area contributed by atoms with Gasteiger partial charge in [0.2, 0.25) is 17.7 Å². The summed E-state index contributed by atoms with van der Waals surface area (Å²) < 4.78 is 0. The first-order chi connectivity index (χ1) is 12.1. The summed E-state index contributed by atoms with van der Waals surface area (Å²) in [6, 6.07) is 6.75. The maximum absolute atomic E-state index is 11.9. The molecule has 0 bridgehead atoms. The molecule has 0 radical (unpaired) electrons. The lowest BCUT2D eigenvalue weighted by Crippen LogP contribution is -2.46. The molecule has 1 aromatic rings. The SMILES string of the molecule is CC(=O)N(Cc1ccc(NC(=O)CNC(=O)[C@@H](N)C(C)C)cc1)C(C)C.Cl. The lowest BCUT2D eigenvalue weighted by molar-refractivity contribution is -0.131. The summed E-state index contributed by atoms with van der Waals surface area (Å²) in [5.41, 5.74) is 7.33. The van der Waals surface area contributed by atoms with Crippen molar-refractivity contribution in [2.45, 2.75) is 53.2 Å². The minimum absolute atomic E-state index is 0. The average molecular weight is 399 g/mol. The predicted molar refractivity (Wildman–Crippen MR) is 110 cm³/mol. The van der Waals surface area contributed by atoms with Gasteiger partial charge in [0.15, 0.2) is 0 Å². The molecule has 1 rings (SSSR count). The Balaban J connectivity index is 0.00000676. The van der Waals surface area contributed by atoms with Crippen LogP contribution >= 0.6 is 12.4 Å². The highest BCUT2D eigenvalue weighted by Crippen LogP contribution is 2.13. The number of nitrogens with two attached hydrogens (primary N) is 1. The van der Waals surface area contributed by atoms with Gasteiger partial charge in [-0.05, 0) is 37.5 Å². The molecule has 1 aromatic carbocycles. The summed E-state index contributed by atoms with van der Waals surface area (Å²) >= 11 is 0. The van der Waals surface area contributed by atoms with Crippen LogP contribution in [0.25, 0.3) is 0 Å². The zero-order valence-electron chi connectivity index (χ0n) is 16.6. The van der Waals surface area contributed by atoms with Crippen LogP contribution < -0.4 is 16.4 Å². The molecule has 0 unspecified atom stereocenters. The standard InChI is InChI=1S/C19H30N4O3.ClH/c1-12(2)18(20)19(26)21-10-17(25)22-16-8-6-15(7-9-16)11-23(13(3)4)14(5)24;/h6-9,12-13,18H,10-11,20H2,1-5H3,(H,21,26)(H,22,25);1H/t18-;/m0./s1. The van der Waals surface area contributed by atoms with Gasteiger partial charge < -0.3 is 21.3 Å². The van der Waals surface area contributed by atoms with Crippen LogP contribution in [0.2, 0.25) is 0 Å². The third-order valence-electron chi connectivity index (χ3n) is 4.06. The number of nitrogens with zero attached hydrogens (tertiary/aromatic N) is 1. The summed E-state index contributed by atoms with van der Waals surface area (Å²) in [4.78, 5) is 37.1. The second-order valence-electron chi connectivity index (χ2n) is 6.97. The Labute approximate surface area is 167 Å². The topological polar surface area (TPSA) is 105 Å². The number of hydrogen-bond acceptors (Lipinski definition) is 4. The highest BCUT2D eigenvalue weighted by Gasteiger charge is 2.17. The van der Waals surface area contributed by atoms with Crippen molar-refractivity contribution >= 4 is 35.8 Å². The molecular formula is C19H31ClN4O3. The van der Waals surface area contributed by atoms with Gasteiger partial charge >= 0.3 is 0 Å². The van der Waals surface area contributed by atoms with Crippen molar-refractivity contribution < 1.29 is 14.4 Å². The van der Waals surface area contributed by atoms with E-state index in [-0.39, 0.29) is 48.6 Å². The van der Waals surface area contributed by atoms with Gasteiger partial charge in [-0.25, -0.2) is 0 Å². The number of anilines is 1. The number of carbonyl (C=O) groups excluding carboxylic acids is 3. The van der Waals surface area contributed by atoms with E-state index in [1.54, 1.807) is 24.0 Å². The molecule has 0 saturated carbocycles. The van der Waals surface area contributed by atoms with E-state index in [0.29, 0.717) is 12.2 Å². The van der Waals surface area contributed by atoms with Gasteiger partial charge in [-0.3, -0.25) is 14.4 Å². The van der Waals surface area contributed by atoms with Crippen LogP contribution in [0, 0.1) is 5.92 Å². The zero-order valence-corrected chi connectivity index (χ0v) is 17.4. The third kappa shape index (κ3) is 8.41. The van der Waals surface area contributed by atoms with Crippen molar-refractivity contribution in [2.75, 3.05) is 11.9 Å². The molecule has 0 heterocycles. The van der Waals surface area contributed by atoms with E-state index in [0.717, 1.165) is 5.56 Å². The molecule has 0 aliphatic heterocycles. The van der Waals surface area contributed by atoms with E-state index >= 15 is 0 Å². The first-order valence-electron chi connectivity index (χ1n) is 8.81. The third-order valence-corrected chi connectivity index (χ3v) is 4.06. The van der Waals surface area contributed by atoms with Crippen LogP contribution in [0.3, 0.4) is 0 Å². The number of nitrogens with one attached hydrogen (secondary N) is 2. The Kier molecular flexibility index (Phi) is 10.7. The van der Waals surface area contributed by atoms with E-state index < -0.39 is 6.04 Å². The summed E-state index contributed by atoms with van der Waals surface area (Å²) in [5, 5.41) is 5.24. The van der Waals surface area contributed by atoms with Gasteiger partial charge in [0, 0.05) is 25.2 Å². The molecule has 0 aromatic heterocycles. The van der Waals surface area contributed by atoms with Gasteiger partial charge in [0.1, 0.15) is 0 Å². The van der Waals surface area contributed by atoms with Crippen molar-refractivity contribution in [3.63, 3.8) is 0 Å². The van der Waals surface area contributed by atoms with E-state index in [1.165, 1.54) is 0 Å². The largest absolute Gasteiger partial charge is 0.346 e. The van der Waals surface area contributed by atoms with Gasteiger partial charge in [-0.1, -0.05) is 26.0 Å². The Morgan fingerprint density at radius 3 is 2.07 bits per heavy atom. The normalized spacial score (nSPS) is 11.6. The van der Waals surface area contributed by atoms with Crippen molar-refractivity contribution in [1.82, 2.24) is 10.2 Å². The van der Waals surface area contributed by atoms with Gasteiger partial charge in [0.25, 0.3) is 0 Å². The van der Waals surface area contributed by atoms with Crippen LogP contribution in [-0.4, -0.2) is 41.2 Å². The van der Waals surface area contributed by atoms with Crippen molar-refractivity contribution in [3.8, 4) is 0 Å². The Bertz CT molecular complexity index is 632. The number of rotatable bonds is 8. The summed E-state index contributed by atoms with van der Waals surface area (Å²) in [7, 11) is 0. The first kappa shape index (κ1) is 24.9. The predicted octanol–water partition coefficient (Wildman–Crippen LogP) is 1.90. The molecule has 0 aliphatic rings. The number of amides is 3. The van der Waals surface area contributed by atoms with E-state index in [9.17, 15) is 14.4 Å². The summed E-state index contributed by atoms with van der Waals surface area (Å²) in [5.74, 6) is -0.642. The van der Waals surface area contributed by atoms with Crippen LogP contribution in [0.15, 0.2) is 24.3 Å². The molecule has 1 atom stereocenters. The van der Waals surface area contributed by atoms with Crippen LogP contribution in [-0.2, 0) is 20.9 Å². The molecule has 4 N–H and O–H groups in total. The molecular weight excluding hydrogens is 368 g/mol.